The van der Waals surface area contributed by atoms with E-state index in [0.29, 0.717) is 48.2 Å². The molecule has 5 rings (SSSR count). The quantitative estimate of drug-likeness (QED) is 0.415. The number of hydrogen-bond acceptors (Lipinski definition) is 6. The van der Waals surface area contributed by atoms with E-state index in [1.807, 2.05) is 24.0 Å². The zero-order chi connectivity index (χ0) is 23.3. The summed E-state index contributed by atoms with van der Waals surface area (Å²) in [7, 11) is 0. The minimum Gasteiger partial charge on any atom is -0.350 e. The third kappa shape index (κ3) is 3.87. The maximum Gasteiger partial charge on any atom is 0.357 e. The number of carbonyl (C=O) groups excluding carboxylic acids is 1. The highest BCUT2D eigenvalue weighted by Crippen LogP contribution is 2.42. The number of rotatable bonds is 4. The number of fused-ring (bicyclic) bond motifs is 1. The van der Waals surface area contributed by atoms with Crippen LogP contribution < -0.4 is 10.6 Å². The molecule has 1 saturated heterocycles. The first-order valence-corrected chi connectivity index (χ1v) is 11.6. The second-order valence-corrected chi connectivity index (χ2v) is 9.17. The largest absolute Gasteiger partial charge is 0.357 e. The van der Waals surface area contributed by atoms with Gasteiger partial charge in [-0.25, -0.2) is 19.3 Å². The maximum absolute atomic E-state index is 13.4. The molecule has 1 aliphatic carbocycles. The number of aromatic nitrogens is 4. The highest BCUT2D eigenvalue weighted by molar-refractivity contribution is 6.41. The minimum atomic E-state index is -0.485. The first-order chi connectivity index (χ1) is 15.9. The Bertz CT molecular complexity index is 1340. The van der Waals surface area contributed by atoms with Crippen molar-refractivity contribution >= 4 is 46.0 Å². The molecule has 1 aliphatic heterocycles. The summed E-state index contributed by atoms with van der Waals surface area (Å²) in [5, 5.41) is 0.980. The van der Waals surface area contributed by atoms with E-state index in [2.05, 4.69) is 21.5 Å². The molecule has 0 unspecified atom stereocenters. The van der Waals surface area contributed by atoms with E-state index in [-0.39, 0.29) is 22.1 Å². The van der Waals surface area contributed by atoms with Crippen molar-refractivity contribution in [2.75, 3.05) is 24.5 Å². The molecule has 3 aromatic rings. The van der Waals surface area contributed by atoms with Gasteiger partial charge in [-0.05, 0) is 49.5 Å². The van der Waals surface area contributed by atoms with Crippen LogP contribution in [0, 0.1) is 0 Å². The molecular formula is C23H22Cl2N6O2. The van der Waals surface area contributed by atoms with Crippen molar-refractivity contribution in [3.05, 3.63) is 63.3 Å². The first kappa shape index (κ1) is 21.9. The van der Waals surface area contributed by atoms with Gasteiger partial charge in [-0.1, -0.05) is 35.8 Å². The minimum absolute atomic E-state index is 0.0834. The topological polar surface area (TPSA) is 84.2 Å². The maximum atomic E-state index is 13.4. The number of hydrogen-bond donors (Lipinski definition) is 0. The molecule has 1 saturated carbocycles. The summed E-state index contributed by atoms with van der Waals surface area (Å²) in [6.07, 6.45) is 5.08. The Labute approximate surface area is 200 Å². The summed E-state index contributed by atoms with van der Waals surface area (Å²) in [6, 6.07) is 5.47. The molecule has 0 aromatic carbocycles. The molecule has 33 heavy (non-hydrogen) atoms. The Morgan fingerprint density at radius 3 is 2.70 bits per heavy atom. The molecule has 0 N–H and O–H groups in total. The molecule has 0 spiro atoms. The monoisotopic (exact) mass is 484 g/mol. The van der Waals surface area contributed by atoms with Crippen LogP contribution in [0.5, 0.6) is 0 Å². The van der Waals surface area contributed by atoms with Gasteiger partial charge in [0.2, 0.25) is 5.91 Å². The van der Waals surface area contributed by atoms with Gasteiger partial charge in [0.05, 0.1) is 10.4 Å². The molecule has 3 aromatic heterocycles. The molecule has 1 amide bonds. The van der Waals surface area contributed by atoms with Gasteiger partial charge in [0, 0.05) is 31.9 Å². The van der Waals surface area contributed by atoms with Crippen LogP contribution in [0.15, 0.2) is 41.8 Å². The number of carbonyl (C=O) groups is 1. The van der Waals surface area contributed by atoms with Gasteiger partial charge in [-0.2, -0.15) is 4.98 Å². The SMILES string of the molecule is C=CC(=O)N1CCN(c2nc(=O)n(-c3ncccc3C3CC3)c3nc(Cl)c(Cl)cc23)[C@@H](C)C1. The molecule has 170 valence electrons. The number of amides is 1. The van der Waals surface area contributed by atoms with Gasteiger partial charge < -0.3 is 9.80 Å². The lowest BCUT2D eigenvalue weighted by atomic mass is 10.1. The molecule has 0 radical (unpaired) electrons. The van der Waals surface area contributed by atoms with Crippen molar-refractivity contribution < 1.29 is 4.79 Å². The van der Waals surface area contributed by atoms with Crippen molar-refractivity contribution in [1.29, 1.82) is 0 Å². The van der Waals surface area contributed by atoms with Crippen LogP contribution in [0.25, 0.3) is 16.9 Å². The normalized spacial score (nSPS) is 18.6. The summed E-state index contributed by atoms with van der Waals surface area (Å²) in [6.45, 7) is 7.03. The van der Waals surface area contributed by atoms with E-state index < -0.39 is 5.69 Å². The lowest BCUT2D eigenvalue weighted by Crippen LogP contribution is -2.54. The Balaban J connectivity index is 1.68. The fraction of sp³-hybridized carbons (Fsp3) is 0.348. The van der Waals surface area contributed by atoms with E-state index in [0.717, 1.165) is 18.4 Å². The van der Waals surface area contributed by atoms with Crippen molar-refractivity contribution in [3.63, 3.8) is 0 Å². The average molecular weight is 485 g/mol. The summed E-state index contributed by atoms with van der Waals surface area (Å²) in [4.78, 5) is 42.7. The summed E-state index contributed by atoms with van der Waals surface area (Å²) < 4.78 is 1.43. The van der Waals surface area contributed by atoms with Crippen molar-refractivity contribution in [2.24, 2.45) is 0 Å². The van der Waals surface area contributed by atoms with Crippen LogP contribution >= 0.6 is 23.2 Å². The van der Waals surface area contributed by atoms with Crippen LogP contribution in [0.2, 0.25) is 10.2 Å². The Kier molecular flexibility index (Phi) is 5.58. The van der Waals surface area contributed by atoms with Crippen LogP contribution in [-0.4, -0.2) is 56.0 Å². The second kappa shape index (κ2) is 8.43. The van der Waals surface area contributed by atoms with Crippen LogP contribution in [0.3, 0.4) is 0 Å². The molecule has 0 bridgehead atoms. The lowest BCUT2D eigenvalue weighted by molar-refractivity contribution is -0.126. The van der Waals surface area contributed by atoms with Crippen molar-refractivity contribution in [2.45, 2.75) is 31.7 Å². The van der Waals surface area contributed by atoms with Crippen LogP contribution in [-0.2, 0) is 4.79 Å². The molecule has 1 atom stereocenters. The fourth-order valence-corrected chi connectivity index (χ4v) is 4.69. The van der Waals surface area contributed by atoms with E-state index in [1.165, 1.54) is 10.6 Å². The molecule has 2 aliphatic rings. The summed E-state index contributed by atoms with van der Waals surface area (Å²) in [5.41, 5.74) is 0.867. The number of anilines is 1. The van der Waals surface area contributed by atoms with Crippen molar-refractivity contribution in [1.82, 2.24) is 24.4 Å². The van der Waals surface area contributed by atoms with Gasteiger partial charge in [-0.3, -0.25) is 4.79 Å². The molecule has 10 heteroatoms. The molecular weight excluding hydrogens is 463 g/mol. The van der Waals surface area contributed by atoms with E-state index in [9.17, 15) is 9.59 Å². The van der Waals surface area contributed by atoms with Gasteiger partial charge in [-0.15, -0.1) is 0 Å². The van der Waals surface area contributed by atoms with Crippen LogP contribution in [0.1, 0.15) is 31.2 Å². The number of nitrogens with zero attached hydrogens (tertiary/aromatic N) is 6. The average Bonchev–Trinajstić information content (AvgIpc) is 3.65. The highest BCUT2D eigenvalue weighted by atomic mass is 35.5. The molecule has 4 heterocycles. The van der Waals surface area contributed by atoms with E-state index in [1.54, 1.807) is 17.2 Å². The summed E-state index contributed by atoms with van der Waals surface area (Å²) >= 11 is 12.6. The third-order valence-corrected chi connectivity index (χ3v) is 6.86. The molecule has 2 fully saturated rings. The van der Waals surface area contributed by atoms with Crippen LogP contribution in [0.4, 0.5) is 5.82 Å². The predicted octanol–water partition coefficient (Wildman–Crippen LogP) is 3.58. The second-order valence-electron chi connectivity index (χ2n) is 8.41. The number of halogens is 2. The standard InChI is InChI=1S/C23H22Cl2N6O2/c1-3-18(32)29-9-10-30(13(2)12-29)21-16-11-17(24)19(25)27-22(16)31(23(33)28-21)20-15(14-6-7-14)5-4-8-26-20/h3-5,8,11,13-14H,1,6-7,9-10,12H2,2H3/t13-/m0/s1. The number of pyridine rings is 2. The zero-order valence-electron chi connectivity index (χ0n) is 18.0. The Hall–Kier alpha value is -2.97. The van der Waals surface area contributed by atoms with Gasteiger partial charge in [0.25, 0.3) is 0 Å². The Morgan fingerprint density at radius 2 is 2.00 bits per heavy atom. The van der Waals surface area contributed by atoms with E-state index >= 15 is 0 Å². The Morgan fingerprint density at radius 1 is 1.21 bits per heavy atom. The van der Waals surface area contributed by atoms with Gasteiger partial charge in [0.15, 0.2) is 5.65 Å². The zero-order valence-corrected chi connectivity index (χ0v) is 19.6. The molecule has 8 nitrogen and oxygen atoms in total. The van der Waals surface area contributed by atoms with Crippen molar-refractivity contribution in [3.8, 4) is 5.82 Å². The predicted molar refractivity (Wildman–Crippen MR) is 129 cm³/mol. The lowest BCUT2D eigenvalue weighted by Gasteiger charge is -2.40. The summed E-state index contributed by atoms with van der Waals surface area (Å²) in [5.74, 6) is 1.25. The smallest absolute Gasteiger partial charge is 0.350 e. The highest BCUT2D eigenvalue weighted by Gasteiger charge is 2.31. The fourth-order valence-electron chi connectivity index (χ4n) is 4.40. The first-order valence-electron chi connectivity index (χ1n) is 10.8. The van der Waals surface area contributed by atoms with Gasteiger partial charge in [0.1, 0.15) is 16.8 Å². The van der Waals surface area contributed by atoms with Gasteiger partial charge >= 0.3 is 5.69 Å². The number of piperazine rings is 1. The third-order valence-electron chi connectivity index (χ3n) is 6.19. The van der Waals surface area contributed by atoms with E-state index in [4.69, 9.17) is 23.2 Å².